The minimum Gasteiger partial charge on any atom is -0.456 e. The fourth-order valence-corrected chi connectivity index (χ4v) is 9.95. The van der Waals surface area contributed by atoms with Gasteiger partial charge >= 0.3 is 0 Å². The third-order valence-electron chi connectivity index (χ3n) is 13.5. The number of furan rings is 1. The predicted octanol–water partition coefficient (Wildman–Crippen LogP) is -12.1. The summed E-state index contributed by atoms with van der Waals surface area (Å²) >= 11 is 0. The highest BCUT2D eigenvalue weighted by Crippen LogP contribution is 2.44. The van der Waals surface area contributed by atoms with Crippen LogP contribution >= 0.6 is 0 Å². The van der Waals surface area contributed by atoms with Crippen molar-refractivity contribution in [3.05, 3.63) is 42.5 Å². The van der Waals surface area contributed by atoms with Gasteiger partial charge in [0.15, 0.2) is 0 Å². The summed E-state index contributed by atoms with van der Waals surface area (Å²) in [4.78, 5) is 0. The zero-order valence-corrected chi connectivity index (χ0v) is 36.1. The van der Waals surface area contributed by atoms with Gasteiger partial charge in [-0.1, -0.05) is 89.8 Å². The molecule has 0 bridgehead atoms. The monoisotopic (exact) mass is 806 g/mol. The molecule has 0 aliphatic rings. The molecule has 9 aromatic carbocycles. The Hall–Kier alpha value is -4.82. The van der Waals surface area contributed by atoms with Crippen molar-refractivity contribution in [1.82, 2.24) is 0 Å². The third-order valence-corrected chi connectivity index (χ3v) is 13.5. The standard InChI is InChI=1S/C46H7B21O/c47-26-19(20-22(34(55)44(65)43(64)33(20)54)21(27(26)48)23-24-25(36(57)38(59)32(23)53)37(58)46(67)45(66)35(24)56)14-17-15(28(49)39(60)41(62)30(17)51)13(16-18(14)31(52)42(63)40(61)29(16)50)8-5-6-12-10(7-8)9-3-1-2-4-11(9)68-12/h1-7H. The highest BCUT2D eigenvalue weighted by atomic mass is 16.3. The lowest BCUT2D eigenvalue weighted by Gasteiger charge is -2.33. The fraction of sp³-hybridized carbons (Fsp3) is 0. The number of fused-ring (bicyclic) bond motifs is 7. The zero-order chi connectivity index (χ0) is 49.2. The summed E-state index contributed by atoms with van der Waals surface area (Å²) in [6, 6.07) is 13.1. The Kier molecular flexibility index (Phi) is 11.1. The van der Waals surface area contributed by atoms with Crippen LogP contribution in [-0.4, -0.2) is 165 Å². The molecule has 0 aliphatic heterocycles. The van der Waals surface area contributed by atoms with Crippen molar-refractivity contribution in [2.75, 3.05) is 0 Å². The Morgan fingerprint density at radius 1 is 0.221 bits per heavy atom. The van der Waals surface area contributed by atoms with Crippen LogP contribution in [0.3, 0.4) is 0 Å². The van der Waals surface area contributed by atoms with Crippen LogP contribution < -0.4 is 115 Å². The predicted molar refractivity (Wildman–Crippen MR) is 313 cm³/mol. The van der Waals surface area contributed by atoms with Gasteiger partial charge in [-0.3, -0.25) is 0 Å². The Morgan fingerprint density at radius 2 is 0.500 bits per heavy atom. The summed E-state index contributed by atoms with van der Waals surface area (Å²) in [5.41, 5.74) is 0.616. The molecule has 0 N–H and O–H groups in total. The largest absolute Gasteiger partial charge is 0.456 e. The van der Waals surface area contributed by atoms with Crippen molar-refractivity contribution in [3.63, 3.8) is 0 Å². The van der Waals surface area contributed by atoms with Crippen LogP contribution in [0.25, 0.3) is 98.4 Å². The molecule has 68 heavy (non-hydrogen) atoms. The molecule has 22 heteroatoms. The Bertz CT molecular complexity index is 3960. The normalized spacial score (nSPS) is 11.9. The molecule has 1 nitrogen and oxygen atoms in total. The van der Waals surface area contributed by atoms with Crippen LogP contribution in [0.2, 0.25) is 0 Å². The molecule has 260 valence electrons. The number of hydrogen-bond acceptors (Lipinski definition) is 1. The first-order chi connectivity index (χ1) is 32.1. The first kappa shape index (κ1) is 46.9. The van der Waals surface area contributed by atoms with Gasteiger partial charge < -0.3 is 4.42 Å². The average molecular weight is 803 g/mol. The van der Waals surface area contributed by atoms with Gasteiger partial charge in [-0.15, -0.1) is 49.2 Å². The topological polar surface area (TPSA) is 13.1 Å². The first-order valence-corrected chi connectivity index (χ1v) is 20.5. The molecular weight excluding hydrogens is 796 g/mol. The molecule has 0 atom stereocenters. The van der Waals surface area contributed by atoms with E-state index in [9.17, 15) is 0 Å². The van der Waals surface area contributed by atoms with Crippen molar-refractivity contribution in [1.29, 1.82) is 0 Å². The van der Waals surface area contributed by atoms with Crippen molar-refractivity contribution in [3.8, 4) is 33.4 Å². The molecule has 1 heterocycles. The van der Waals surface area contributed by atoms with Crippen LogP contribution in [-0.2, 0) is 0 Å². The summed E-state index contributed by atoms with van der Waals surface area (Å²) in [6.07, 6.45) is 0. The van der Waals surface area contributed by atoms with Gasteiger partial charge in [0.25, 0.3) is 0 Å². The number of para-hydroxylation sites is 1. The van der Waals surface area contributed by atoms with Crippen molar-refractivity contribution < 1.29 is 4.42 Å². The van der Waals surface area contributed by atoms with Crippen LogP contribution in [0.1, 0.15) is 0 Å². The Labute approximate surface area is 422 Å². The van der Waals surface area contributed by atoms with E-state index in [0.29, 0.717) is 22.3 Å². The minimum atomic E-state index is -0.180. The van der Waals surface area contributed by atoms with Crippen LogP contribution in [0, 0.1) is 0 Å². The van der Waals surface area contributed by atoms with E-state index in [0.717, 1.165) is 10.8 Å². The van der Waals surface area contributed by atoms with E-state index in [-0.39, 0.29) is 180 Å². The lowest BCUT2D eigenvalue weighted by atomic mass is 9.55. The summed E-state index contributed by atoms with van der Waals surface area (Å²) in [7, 11) is 144. The maximum Gasteiger partial charge on any atom is 0.135 e. The van der Waals surface area contributed by atoms with Crippen molar-refractivity contribution >= 4 is 345 Å². The fourth-order valence-electron chi connectivity index (χ4n) is 9.95. The lowest BCUT2D eigenvalue weighted by molar-refractivity contribution is 0.669. The third kappa shape index (κ3) is 6.06. The molecule has 1 aromatic heterocycles. The summed E-state index contributed by atoms with van der Waals surface area (Å²) in [5, 5.41) is 2.74. The molecule has 10 aromatic rings. The van der Waals surface area contributed by atoms with Gasteiger partial charge in [-0.05, 0) is 94.7 Å². The molecule has 0 spiro atoms. The Morgan fingerprint density at radius 3 is 0.912 bits per heavy atom. The molecule has 0 saturated carbocycles. The van der Waals surface area contributed by atoms with Gasteiger partial charge in [-0.25, -0.2) is 0 Å². The Balaban J connectivity index is 1.52. The number of benzene rings is 9. The highest BCUT2D eigenvalue weighted by molar-refractivity contribution is 6.76. The number of hydrogen-bond donors (Lipinski definition) is 0. The van der Waals surface area contributed by atoms with E-state index in [4.69, 9.17) is 169 Å². The highest BCUT2D eigenvalue weighted by Gasteiger charge is 2.30. The molecule has 42 radical (unpaired) electrons. The van der Waals surface area contributed by atoms with E-state index in [2.05, 4.69) is 0 Å². The molecule has 0 aliphatic carbocycles. The second-order valence-corrected chi connectivity index (χ2v) is 16.9. The SMILES string of the molecule is [B]c1c([B])c([B])c2c(-c3c([B])c([B])c(-c4c5c([B])c([B])c([B])c([B])c5c(-c5ccc6oc7ccccc7c6c5)c5c([B])c([B])c([B])c([B])c45)c4c([B])c([B])c([B])c([B])c34)c([B])c([B])c([B])c2c1[B]. The molecule has 0 amide bonds. The number of rotatable bonds is 3. The van der Waals surface area contributed by atoms with Crippen molar-refractivity contribution in [2.45, 2.75) is 0 Å². The quantitative estimate of drug-likeness (QED) is 0.128. The molecule has 0 unspecified atom stereocenters. The smallest absolute Gasteiger partial charge is 0.135 e. The van der Waals surface area contributed by atoms with E-state index in [1.807, 2.05) is 36.4 Å². The minimum absolute atomic E-state index is 0.000554. The second kappa shape index (κ2) is 16.1. The van der Waals surface area contributed by atoms with E-state index >= 15 is 0 Å². The molecule has 10 rings (SSSR count). The van der Waals surface area contributed by atoms with Gasteiger partial charge in [0.2, 0.25) is 0 Å². The molecule has 0 fully saturated rings. The molecular formula is C46H7B21O. The summed E-state index contributed by atoms with van der Waals surface area (Å²) in [5.74, 6) is 0. The van der Waals surface area contributed by atoms with Gasteiger partial charge in [-0.2, -0.15) is 0 Å². The summed E-state index contributed by atoms with van der Waals surface area (Å²) in [6.45, 7) is 0. The first-order valence-electron chi connectivity index (χ1n) is 20.5. The van der Waals surface area contributed by atoms with Crippen LogP contribution in [0.15, 0.2) is 46.9 Å². The van der Waals surface area contributed by atoms with Gasteiger partial charge in [0.1, 0.15) is 176 Å². The van der Waals surface area contributed by atoms with Crippen molar-refractivity contribution in [2.24, 2.45) is 0 Å². The molecule has 0 saturated heterocycles. The van der Waals surface area contributed by atoms with Gasteiger partial charge in [0, 0.05) is 10.8 Å². The zero-order valence-electron chi connectivity index (χ0n) is 36.1. The second-order valence-electron chi connectivity index (χ2n) is 16.9. The van der Waals surface area contributed by atoms with E-state index in [1.54, 1.807) is 6.07 Å². The van der Waals surface area contributed by atoms with Gasteiger partial charge in [0.05, 0.1) is 0 Å². The maximum atomic E-state index is 7.40. The maximum absolute atomic E-state index is 7.40. The average Bonchev–Trinajstić information content (AvgIpc) is 3.70. The van der Waals surface area contributed by atoms with Crippen LogP contribution in [0.5, 0.6) is 0 Å². The van der Waals surface area contributed by atoms with Crippen LogP contribution in [0.4, 0.5) is 0 Å². The summed E-state index contributed by atoms with van der Waals surface area (Å²) < 4.78 is 6.19. The lowest BCUT2D eigenvalue weighted by Crippen LogP contribution is -2.53. The van der Waals surface area contributed by atoms with E-state index < -0.39 is 0 Å². The van der Waals surface area contributed by atoms with E-state index in [1.165, 1.54) is 0 Å².